The van der Waals surface area contributed by atoms with E-state index in [2.05, 4.69) is 10.3 Å². The molecule has 0 amide bonds. The van der Waals surface area contributed by atoms with E-state index in [-0.39, 0.29) is 23.2 Å². The first-order valence-corrected chi connectivity index (χ1v) is 6.63. The first-order chi connectivity index (χ1) is 9.58. The van der Waals surface area contributed by atoms with E-state index < -0.39 is 9.85 Å². The number of hydrogen-bond donors (Lipinski definition) is 1. The molecule has 0 aliphatic heterocycles. The van der Waals surface area contributed by atoms with Crippen LogP contribution in [0.4, 0.5) is 17.2 Å². The van der Waals surface area contributed by atoms with E-state index in [0.29, 0.717) is 0 Å². The Labute approximate surface area is 115 Å². The summed E-state index contributed by atoms with van der Waals surface area (Å²) in [6, 6.07) is 1.09. The topological polar surface area (TPSA) is 111 Å². The molecule has 1 heterocycles. The Morgan fingerprint density at radius 1 is 1.10 bits per heavy atom. The van der Waals surface area contributed by atoms with E-state index in [1.54, 1.807) is 0 Å². The summed E-state index contributed by atoms with van der Waals surface area (Å²) in [5.74, 6) is 0.118. The zero-order valence-electron chi connectivity index (χ0n) is 10.9. The lowest BCUT2D eigenvalue weighted by molar-refractivity contribution is -0.394. The molecule has 8 heteroatoms. The molecular weight excluding hydrogens is 264 g/mol. The number of hydrogen-bond acceptors (Lipinski definition) is 6. The van der Waals surface area contributed by atoms with Gasteiger partial charge < -0.3 is 5.32 Å². The van der Waals surface area contributed by atoms with E-state index in [1.165, 1.54) is 12.8 Å². The number of anilines is 1. The molecule has 0 radical (unpaired) electrons. The van der Waals surface area contributed by atoms with Crippen molar-refractivity contribution in [3.05, 3.63) is 32.5 Å². The summed E-state index contributed by atoms with van der Waals surface area (Å²) >= 11 is 0. The molecule has 0 aromatic carbocycles. The van der Waals surface area contributed by atoms with Crippen molar-refractivity contribution < 1.29 is 9.85 Å². The molecule has 0 unspecified atom stereocenters. The van der Waals surface area contributed by atoms with Gasteiger partial charge in [-0.15, -0.1) is 0 Å². The average molecular weight is 280 g/mol. The largest absolute Gasteiger partial charge is 0.362 e. The van der Waals surface area contributed by atoms with E-state index >= 15 is 0 Å². The highest BCUT2D eigenvalue weighted by Gasteiger charge is 2.23. The van der Waals surface area contributed by atoms with Crippen LogP contribution in [-0.2, 0) is 0 Å². The smallest absolute Gasteiger partial charge is 0.318 e. The maximum atomic E-state index is 11.0. The van der Waals surface area contributed by atoms with Gasteiger partial charge in [-0.2, -0.15) is 0 Å². The summed E-state index contributed by atoms with van der Waals surface area (Å²) in [5, 5.41) is 24.7. The third-order valence-corrected chi connectivity index (χ3v) is 3.46. The van der Waals surface area contributed by atoms with E-state index in [0.717, 1.165) is 37.9 Å². The molecule has 1 saturated carbocycles. The Bertz CT molecular complexity index is 512. The summed E-state index contributed by atoms with van der Waals surface area (Å²) in [5.41, 5.74) is -0.716. The number of pyridine rings is 1. The molecule has 1 N–H and O–H groups in total. The monoisotopic (exact) mass is 280 g/mol. The van der Waals surface area contributed by atoms with Gasteiger partial charge in [-0.1, -0.05) is 25.7 Å². The molecule has 0 saturated heterocycles. The molecule has 0 bridgehead atoms. The third-order valence-electron chi connectivity index (χ3n) is 3.46. The van der Waals surface area contributed by atoms with Gasteiger partial charge in [-0.25, -0.2) is 4.98 Å². The standard InChI is InChI=1S/C12H16N4O4/c17-15(18)10-7-11(16(19)20)12(13-8-10)14-9-5-3-1-2-4-6-9/h7-9H,1-6H2,(H,13,14). The second-order valence-corrected chi connectivity index (χ2v) is 4.91. The van der Waals surface area contributed by atoms with Crippen LogP contribution in [0.1, 0.15) is 38.5 Å². The van der Waals surface area contributed by atoms with Crippen molar-refractivity contribution in [2.45, 2.75) is 44.6 Å². The molecule has 8 nitrogen and oxygen atoms in total. The molecule has 1 aromatic rings. The average Bonchev–Trinajstić information content (AvgIpc) is 2.67. The Morgan fingerprint density at radius 3 is 2.30 bits per heavy atom. The van der Waals surface area contributed by atoms with Gasteiger partial charge in [-0.05, 0) is 12.8 Å². The van der Waals surface area contributed by atoms with Crippen molar-refractivity contribution in [3.8, 4) is 0 Å². The Hall–Kier alpha value is -2.25. The van der Waals surface area contributed by atoms with Crippen LogP contribution in [0, 0.1) is 20.2 Å². The number of nitrogens with zero attached hydrogens (tertiary/aromatic N) is 3. The second-order valence-electron chi connectivity index (χ2n) is 4.91. The van der Waals surface area contributed by atoms with Crippen LogP contribution in [0.5, 0.6) is 0 Å². The van der Waals surface area contributed by atoms with Crippen molar-refractivity contribution in [1.82, 2.24) is 4.98 Å². The molecule has 2 rings (SSSR count). The first kappa shape index (κ1) is 14.2. The van der Waals surface area contributed by atoms with Crippen molar-refractivity contribution in [3.63, 3.8) is 0 Å². The fraction of sp³-hybridized carbons (Fsp3) is 0.583. The zero-order chi connectivity index (χ0) is 14.5. The number of nitro groups is 2. The third kappa shape index (κ3) is 3.40. The Balaban J connectivity index is 2.21. The zero-order valence-corrected chi connectivity index (χ0v) is 10.9. The summed E-state index contributed by atoms with van der Waals surface area (Å²) in [7, 11) is 0. The van der Waals surface area contributed by atoms with Crippen LogP contribution >= 0.6 is 0 Å². The van der Waals surface area contributed by atoms with Crippen LogP contribution in [-0.4, -0.2) is 20.9 Å². The number of aromatic nitrogens is 1. The van der Waals surface area contributed by atoms with Crippen molar-refractivity contribution in [2.24, 2.45) is 0 Å². The van der Waals surface area contributed by atoms with E-state index in [1.807, 2.05) is 0 Å². The van der Waals surface area contributed by atoms with E-state index in [9.17, 15) is 20.2 Å². The molecule has 1 aromatic heterocycles. The molecule has 108 valence electrons. The van der Waals surface area contributed by atoms with Crippen molar-refractivity contribution >= 4 is 17.2 Å². The predicted octanol–water partition coefficient (Wildman–Crippen LogP) is 3.03. The van der Waals surface area contributed by atoms with E-state index in [4.69, 9.17) is 0 Å². The van der Waals surface area contributed by atoms with Gasteiger partial charge in [0.05, 0.1) is 15.9 Å². The molecule has 1 aliphatic carbocycles. The molecule has 0 spiro atoms. The van der Waals surface area contributed by atoms with Crippen LogP contribution in [0.25, 0.3) is 0 Å². The fourth-order valence-corrected chi connectivity index (χ4v) is 2.41. The van der Waals surface area contributed by atoms with Crippen LogP contribution < -0.4 is 5.32 Å². The van der Waals surface area contributed by atoms with Gasteiger partial charge in [-0.3, -0.25) is 20.2 Å². The van der Waals surface area contributed by atoms with Gasteiger partial charge in [0.15, 0.2) is 0 Å². The van der Waals surface area contributed by atoms with Crippen LogP contribution in [0.15, 0.2) is 12.3 Å². The van der Waals surface area contributed by atoms with Crippen LogP contribution in [0.2, 0.25) is 0 Å². The predicted molar refractivity (Wildman–Crippen MR) is 72.7 cm³/mol. The van der Waals surface area contributed by atoms with Crippen LogP contribution in [0.3, 0.4) is 0 Å². The SMILES string of the molecule is O=[N+]([O-])c1cnc(NC2CCCCCC2)c([N+](=O)[O-])c1. The lowest BCUT2D eigenvalue weighted by Crippen LogP contribution is -2.20. The quantitative estimate of drug-likeness (QED) is 0.515. The molecule has 1 fully saturated rings. The minimum Gasteiger partial charge on any atom is -0.362 e. The summed E-state index contributed by atoms with van der Waals surface area (Å²) in [6.45, 7) is 0. The van der Waals surface area contributed by atoms with Gasteiger partial charge in [0, 0.05) is 6.04 Å². The number of nitrogens with one attached hydrogen (secondary N) is 1. The Morgan fingerprint density at radius 2 is 1.75 bits per heavy atom. The van der Waals surface area contributed by atoms with Gasteiger partial charge in [0.25, 0.3) is 5.69 Å². The number of rotatable bonds is 4. The molecule has 20 heavy (non-hydrogen) atoms. The fourth-order valence-electron chi connectivity index (χ4n) is 2.41. The summed E-state index contributed by atoms with van der Waals surface area (Å²) in [4.78, 5) is 24.2. The summed E-state index contributed by atoms with van der Waals surface area (Å²) < 4.78 is 0. The molecular formula is C12H16N4O4. The minimum atomic E-state index is -0.685. The highest BCUT2D eigenvalue weighted by Crippen LogP contribution is 2.29. The lowest BCUT2D eigenvalue weighted by atomic mass is 10.1. The molecule has 1 aliphatic rings. The van der Waals surface area contributed by atoms with Crippen molar-refractivity contribution in [1.29, 1.82) is 0 Å². The highest BCUT2D eigenvalue weighted by atomic mass is 16.6. The Kier molecular flexibility index (Phi) is 4.44. The maximum absolute atomic E-state index is 11.0. The second kappa shape index (κ2) is 6.27. The van der Waals surface area contributed by atoms with Gasteiger partial charge in [0.1, 0.15) is 6.20 Å². The van der Waals surface area contributed by atoms with Crippen molar-refractivity contribution in [2.75, 3.05) is 5.32 Å². The van der Waals surface area contributed by atoms with Gasteiger partial charge in [0.2, 0.25) is 5.82 Å². The summed E-state index contributed by atoms with van der Waals surface area (Å²) in [6.07, 6.45) is 7.44. The normalized spacial score (nSPS) is 16.4. The van der Waals surface area contributed by atoms with Gasteiger partial charge >= 0.3 is 5.69 Å². The molecule has 0 atom stereocenters. The lowest BCUT2D eigenvalue weighted by Gasteiger charge is -2.16. The first-order valence-electron chi connectivity index (χ1n) is 6.63. The minimum absolute atomic E-state index is 0.118. The maximum Gasteiger partial charge on any atom is 0.318 e. The highest BCUT2D eigenvalue weighted by molar-refractivity contribution is 5.59.